The van der Waals surface area contributed by atoms with E-state index in [1.54, 1.807) is 12.5 Å². The van der Waals surface area contributed by atoms with E-state index >= 15 is 0 Å². The predicted octanol–water partition coefficient (Wildman–Crippen LogP) is 0.925. The van der Waals surface area contributed by atoms with Crippen LogP contribution in [-0.4, -0.2) is 22.2 Å². The first-order chi connectivity index (χ1) is 7.16. The Balaban J connectivity index is 2.10. The topological polar surface area (TPSA) is 84.0 Å². The molecular formula is C9H13N5O. The van der Waals surface area contributed by atoms with Gasteiger partial charge in [0.15, 0.2) is 0 Å². The van der Waals surface area contributed by atoms with Gasteiger partial charge in [0, 0.05) is 19.2 Å². The van der Waals surface area contributed by atoms with Crippen LogP contribution in [0.3, 0.4) is 0 Å². The van der Waals surface area contributed by atoms with E-state index in [9.17, 15) is 0 Å². The number of H-pyrrole nitrogens is 1. The average Bonchev–Trinajstić information content (AvgIpc) is 2.77. The molecule has 80 valence electrons. The lowest BCUT2D eigenvalue weighted by Crippen LogP contribution is -2.17. The molecule has 2 rings (SSSR count). The lowest BCUT2D eigenvalue weighted by molar-refractivity contribution is 0.562. The van der Waals surface area contributed by atoms with Crippen LogP contribution in [-0.2, 0) is 6.54 Å². The van der Waals surface area contributed by atoms with Gasteiger partial charge in [-0.1, -0.05) is 0 Å². The summed E-state index contributed by atoms with van der Waals surface area (Å²) < 4.78 is 5.09. The fraction of sp³-hybridized carbons (Fsp3) is 0.333. The van der Waals surface area contributed by atoms with Gasteiger partial charge >= 0.3 is 0 Å². The van der Waals surface area contributed by atoms with Crippen LogP contribution in [0.1, 0.15) is 11.1 Å². The number of nitrogens with zero attached hydrogens (tertiary/aromatic N) is 3. The van der Waals surface area contributed by atoms with Crippen molar-refractivity contribution in [2.45, 2.75) is 13.5 Å². The minimum atomic E-state index is 0.320. The Labute approximate surface area is 87.1 Å². The summed E-state index contributed by atoms with van der Waals surface area (Å²) in [6.07, 6.45) is 3.44. The van der Waals surface area contributed by atoms with E-state index in [1.165, 1.54) is 0 Å². The molecule has 0 aliphatic rings. The molecule has 2 heterocycles. The molecule has 0 saturated heterocycles. The first kappa shape index (κ1) is 9.57. The minimum Gasteiger partial charge on any atom is -0.472 e. The van der Waals surface area contributed by atoms with E-state index in [2.05, 4.69) is 15.2 Å². The summed E-state index contributed by atoms with van der Waals surface area (Å²) in [5.41, 5.74) is 7.67. The smallest absolute Gasteiger partial charge is 0.246 e. The summed E-state index contributed by atoms with van der Waals surface area (Å²) in [7, 11) is 1.90. The monoisotopic (exact) mass is 207 g/mol. The highest BCUT2D eigenvalue weighted by molar-refractivity contribution is 5.35. The van der Waals surface area contributed by atoms with Crippen molar-refractivity contribution in [1.29, 1.82) is 0 Å². The molecule has 0 radical (unpaired) electrons. The maximum atomic E-state index is 5.45. The molecule has 0 saturated carbocycles. The number of aromatic amines is 1. The van der Waals surface area contributed by atoms with Crippen LogP contribution in [0.25, 0.3) is 0 Å². The van der Waals surface area contributed by atoms with Crippen LogP contribution in [0.5, 0.6) is 0 Å². The number of nitrogens with one attached hydrogen (secondary N) is 1. The van der Waals surface area contributed by atoms with Crippen LogP contribution in [0.4, 0.5) is 11.9 Å². The number of hydrogen-bond donors (Lipinski definition) is 2. The van der Waals surface area contributed by atoms with Gasteiger partial charge in [0.1, 0.15) is 0 Å². The SMILES string of the molecule is Cc1cocc1CN(C)c1n[nH]c(N)n1. The van der Waals surface area contributed by atoms with E-state index in [4.69, 9.17) is 10.2 Å². The number of anilines is 2. The molecule has 15 heavy (non-hydrogen) atoms. The van der Waals surface area contributed by atoms with E-state index in [0.29, 0.717) is 18.4 Å². The van der Waals surface area contributed by atoms with Crippen LogP contribution < -0.4 is 10.6 Å². The van der Waals surface area contributed by atoms with E-state index in [1.807, 2.05) is 18.9 Å². The van der Waals surface area contributed by atoms with Gasteiger partial charge in [0.2, 0.25) is 11.9 Å². The Kier molecular flexibility index (Phi) is 2.32. The zero-order valence-electron chi connectivity index (χ0n) is 8.69. The maximum absolute atomic E-state index is 5.45. The predicted molar refractivity (Wildman–Crippen MR) is 56.3 cm³/mol. The third kappa shape index (κ3) is 1.93. The number of nitrogen functional groups attached to an aromatic ring is 1. The largest absolute Gasteiger partial charge is 0.472 e. The van der Waals surface area contributed by atoms with E-state index < -0.39 is 0 Å². The molecule has 0 bridgehead atoms. The zero-order valence-corrected chi connectivity index (χ0v) is 8.69. The summed E-state index contributed by atoms with van der Waals surface area (Å²) in [5, 5.41) is 6.56. The standard InChI is InChI=1S/C9H13N5O/c1-6-4-15-5-7(6)3-14(2)9-11-8(10)12-13-9/h4-5H,3H2,1-2H3,(H3,10,11,12,13). The summed E-state index contributed by atoms with van der Waals surface area (Å²) in [6.45, 7) is 2.69. The van der Waals surface area contributed by atoms with Gasteiger partial charge in [0.25, 0.3) is 0 Å². The van der Waals surface area contributed by atoms with Crippen molar-refractivity contribution in [2.75, 3.05) is 17.7 Å². The van der Waals surface area contributed by atoms with Crippen molar-refractivity contribution >= 4 is 11.9 Å². The van der Waals surface area contributed by atoms with Gasteiger partial charge in [-0.05, 0) is 12.5 Å². The Morgan fingerprint density at radius 2 is 2.33 bits per heavy atom. The Bertz CT molecular complexity index is 447. The number of hydrogen-bond acceptors (Lipinski definition) is 5. The minimum absolute atomic E-state index is 0.320. The van der Waals surface area contributed by atoms with Crippen LogP contribution in [0, 0.1) is 6.92 Å². The van der Waals surface area contributed by atoms with Gasteiger partial charge in [0.05, 0.1) is 12.5 Å². The molecule has 0 unspecified atom stereocenters. The third-order valence-corrected chi connectivity index (χ3v) is 2.20. The van der Waals surface area contributed by atoms with Crippen molar-refractivity contribution in [1.82, 2.24) is 15.2 Å². The molecule has 0 aliphatic carbocycles. The molecule has 2 aromatic heterocycles. The Morgan fingerprint density at radius 3 is 2.87 bits per heavy atom. The fourth-order valence-corrected chi connectivity index (χ4v) is 1.31. The van der Waals surface area contributed by atoms with Crippen molar-refractivity contribution in [3.05, 3.63) is 23.7 Å². The Hall–Kier alpha value is -1.98. The van der Waals surface area contributed by atoms with Gasteiger partial charge < -0.3 is 15.1 Å². The second-order valence-corrected chi connectivity index (χ2v) is 3.46. The van der Waals surface area contributed by atoms with E-state index in [-0.39, 0.29) is 0 Å². The van der Waals surface area contributed by atoms with Gasteiger partial charge in [-0.2, -0.15) is 4.98 Å². The number of rotatable bonds is 3. The highest BCUT2D eigenvalue weighted by Crippen LogP contribution is 2.14. The molecule has 2 aromatic rings. The van der Waals surface area contributed by atoms with Crippen LogP contribution in [0.15, 0.2) is 16.9 Å². The van der Waals surface area contributed by atoms with Crippen LogP contribution >= 0.6 is 0 Å². The second-order valence-electron chi connectivity index (χ2n) is 3.46. The summed E-state index contributed by atoms with van der Waals surface area (Å²) in [6, 6.07) is 0. The molecule has 0 aromatic carbocycles. The molecule has 6 nitrogen and oxygen atoms in total. The zero-order chi connectivity index (χ0) is 10.8. The maximum Gasteiger partial charge on any atom is 0.246 e. The molecular weight excluding hydrogens is 194 g/mol. The lowest BCUT2D eigenvalue weighted by Gasteiger charge is -2.13. The second kappa shape index (κ2) is 3.64. The molecule has 0 amide bonds. The van der Waals surface area contributed by atoms with E-state index in [0.717, 1.165) is 11.1 Å². The first-order valence-corrected chi connectivity index (χ1v) is 4.57. The molecule has 3 N–H and O–H groups in total. The highest BCUT2D eigenvalue weighted by atomic mass is 16.3. The normalized spacial score (nSPS) is 10.5. The molecule has 0 spiro atoms. The number of aromatic nitrogens is 3. The summed E-state index contributed by atoms with van der Waals surface area (Å²) >= 11 is 0. The van der Waals surface area contributed by atoms with Crippen LogP contribution in [0.2, 0.25) is 0 Å². The van der Waals surface area contributed by atoms with Gasteiger partial charge in [-0.3, -0.25) is 0 Å². The molecule has 0 fully saturated rings. The number of furan rings is 1. The summed E-state index contributed by atoms with van der Waals surface area (Å²) in [4.78, 5) is 5.92. The van der Waals surface area contributed by atoms with Crippen molar-refractivity contribution < 1.29 is 4.42 Å². The van der Waals surface area contributed by atoms with Crippen molar-refractivity contribution in [3.8, 4) is 0 Å². The molecule has 6 heteroatoms. The molecule has 0 atom stereocenters. The quantitative estimate of drug-likeness (QED) is 0.782. The lowest BCUT2D eigenvalue weighted by atomic mass is 10.2. The Morgan fingerprint density at radius 1 is 1.53 bits per heavy atom. The van der Waals surface area contributed by atoms with Gasteiger partial charge in [-0.25, -0.2) is 5.10 Å². The number of nitrogens with two attached hydrogens (primary N) is 1. The fourth-order valence-electron chi connectivity index (χ4n) is 1.31. The highest BCUT2D eigenvalue weighted by Gasteiger charge is 2.09. The van der Waals surface area contributed by atoms with Gasteiger partial charge in [-0.15, -0.1) is 5.10 Å². The average molecular weight is 207 g/mol. The molecule has 0 aliphatic heterocycles. The third-order valence-electron chi connectivity index (χ3n) is 2.20. The summed E-state index contributed by atoms with van der Waals surface area (Å²) in [5.74, 6) is 0.897. The number of aryl methyl sites for hydroxylation is 1. The van der Waals surface area contributed by atoms with Crippen molar-refractivity contribution in [2.24, 2.45) is 0 Å². The van der Waals surface area contributed by atoms with Crippen molar-refractivity contribution in [3.63, 3.8) is 0 Å². The first-order valence-electron chi connectivity index (χ1n) is 4.57.